The quantitative estimate of drug-likeness (QED) is 0.505. The molecule has 3 atom stereocenters. The maximum absolute atomic E-state index is 5.89. The Bertz CT molecular complexity index is 151. The van der Waals surface area contributed by atoms with Gasteiger partial charge in [-0.05, 0) is 37.5 Å². The lowest BCUT2D eigenvalue weighted by Crippen LogP contribution is -2.33. The van der Waals surface area contributed by atoms with Crippen molar-refractivity contribution in [2.75, 3.05) is 0 Å². The summed E-state index contributed by atoms with van der Waals surface area (Å²) in [6, 6.07) is 0.494. The molecule has 2 aliphatic carbocycles. The van der Waals surface area contributed by atoms with Gasteiger partial charge in [0.05, 0.1) is 0 Å². The molecule has 0 aromatic carbocycles. The van der Waals surface area contributed by atoms with E-state index in [1.54, 1.807) is 0 Å². The highest BCUT2D eigenvalue weighted by Crippen LogP contribution is 2.34. The number of hydrogen-bond acceptors (Lipinski definition) is 1. The van der Waals surface area contributed by atoms with Gasteiger partial charge < -0.3 is 5.73 Å². The van der Waals surface area contributed by atoms with Gasteiger partial charge in [-0.15, -0.1) is 0 Å². The molecule has 0 saturated heterocycles. The Balaban J connectivity index is 2.09. The van der Waals surface area contributed by atoms with Crippen LogP contribution in [0.5, 0.6) is 0 Å². The second kappa shape index (κ2) is 2.39. The summed E-state index contributed by atoms with van der Waals surface area (Å²) in [5, 5.41) is 0. The highest BCUT2D eigenvalue weighted by atomic mass is 14.6. The Labute approximate surface area is 62.3 Å². The summed E-state index contributed by atoms with van der Waals surface area (Å²) < 4.78 is 0. The molecule has 2 rings (SSSR count). The molecule has 1 heteroatoms. The van der Waals surface area contributed by atoms with Crippen molar-refractivity contribution in [3.05, 3.63) is 12.2 Å². The minimum Gasteiger partial charge on any atom is -0.328 e. The molecule has 0 aliphatic heterocycles. The lowest BCUT2D eigenvalue weighted by Gasteiger charge is -2.34. The molecule has 56 valence electrons. The van der Waals surface area contributed by atoms with Gasteiger partial charge in [0.2, 0.25) is 0 Å². The highest BCUT2D eigenvalue weighted by molar-refractivity contribution is 5.00. The van der Waals surface area contributed by atoms with Crippen molar-refractivity contribution in [1.82, 2.24) is 0 Å². The molecule has 2 bridgehead atoms. The predicted octanol–water partition coefficient (Wildman–Crippen LogP) is 1.69. The average Bonchev–Trinajstić information content (AvgIpc) is 1.85. The molecule has 0 amide bonds. The summed E-state index contributed by atoms with van der Waals surface area (Å²) in [5.74, 6) is 1.74. The van der Waals surface area contributed by atoms with Gasteiger partial charge >= 0.3 is 0 Å². The number of fused-ring (bicyclic) bond motifs is 2. The fraction of sp³-hybridized carbons (Fsp3) is 0.778. The Morgan fingerprint density at radius 2 is 2.10 bits per heavy atom. The zero-order valence-corrected chi connectivity index (χ0v) is 6.29. The Hall–Kier alpha value is -0.300. The van der Waals surface area contributed by atoms with Crippen LogP contribution in [0.15, 0.2) is 12.2 Å². The minimum atomic E-state index is 0.494. The second-order valence-electron chi connectivity index (χ2n) is 3.76. The van der Waals surface area contributed by atoms with Gasteiger partial charge in [0.25, 0.3) is 0 Å². The van der Waals surface area contributed by atoms with Crippen molar-refractivity contribution < 1.29 is 0 Å². The van der Waals surface area contributed by atoms with Crippen molar-refractivity contribution in [2.24, 2.45) is 17.6 Å². The third kappa shape index (κ3) is 1.10. The van der Waals surface area contributed by atoms with Gasteiger partial charge in [-0.1, -0.05) is 12.2 Å². The molecular formula is C9H15N. The summed E-state index contributed by atoms with van der Waals surface area (Å²) in [4.78, 5) is 0. The average molecular weight is 137 g/mol. The lowest BCUT2D eigenvalue weighted by atomic mass is 9.74. The summed E-state index contributed by atoms with van der Waals surface area (Å²) in [5.41, 5.74) is 5.89. The first-order valence-corrected chi connectivity index (χ1v) is 4.27. The van der Waals surface area contributed by atoms with Gasteiger partial charge in [0, 0.05) is 6.04 Å². The molecule has 1 nitrogen and oxygen atoms in total. The first-order valence-electron chi connectivity index (χ1n) is 4.27. The van der Waals surface area contributed by atoms with E-state index in [1.807, 2.05) is 0 Å². The monoisotopic (exact) mass is 137 g/mol. The fourth-order valence-corrected chi connectivity index (χ4v) is 2.35. The third-order valence-corrected chi connectivity index (χ3v) is 2.76. The molecule has 0 aromatic rings. The summed E-state index contributed by atoms with van der Waals surface area (Å²) in [7, 11) is 0. The zero-order valence-electron chi connectivity index (χ0n) is 6.29. The van der Waals surface area contributed by atoms with E-state index in [0.29, 0.717) is 6.04 Å². The van der Waals surface area contributed by atoms with Gasteiger partial charge in [-0.3, -0.25) is 0 Å². The van der Waals surface area contributed by atoms with Crippen LogP contribution in [0.1, 0.15) is 25.7 Å². The van der Waals surface area contributed by atoms with E-state index in [9.17, 15) is 0 Å². The SMILES string of the molecule is N[C@H]1C[C@@H]2C=CC[C@H](C1)C2. The zero-order chi connectivity index (χ0) is 6.97. The van der Waals surface area contributed by atoms with Gasteiger partial charge in [-0.25, -0.2) is 0 Å². The van der Waals surface area contributed by atoms with E-state index in [1.165, 1.54) is 25.7 Å². The summed E-state index contributed by atoms with van der Waals surface area (Å²) >= 11 is 0. The molecule has 2 N–H and O–H groups in total. The van der Waals surface area contributed by atoms with Crippen LogP contribution >= 0.6 is 0 Å². The van der Waals surface area contributed by atoms with Crippen LogP contribution in [-0.2, 0) is 0 Å². The van der Waals surface area contributed by atoms with E-state index < -0.39 is 0 Å². The molecule has 2 aliphatic rings. The van der Waals surface area contributed by atoms with Crippen LogP contribution in [0.2, 0.25) is 0 Å². The Kier molecular flexibility index (Phi) is 1.53. The highest BCUT2D eigenvalue weighted by Gasteiger charge is 2.26. The van der Waals surface area contributed by atoms with E-state index in [0.717, 1.165) is 11.8 Å². The molecule has 0 heterocycles. The molecule has 0 spiro atoms. The first kappa shape index (κ1) is 6.41. The molecule has 0 radical (unpaired) electrons. The van der Waals surface area contributed by atoms with Crippen molar-refractivity contribution in [3.8, 4) is 0 Å². The normalized spacial score (nSPS) is 45.5. The van der Waals surface area contributed by atoms with E-state index >= 15 is 0 Å². The maximum Gasteiger partial charge on any atom is 0.00471 e. The van der Waals surface area contributed by atoms with Crippen molar-refractivity contribution in [1.29, 1.82) is 0 Å². The van der Waals surface area contributed by atoms with E-state index in [2.05, 4.69) is 12.2 Å². The maximum atomic E-state index is 5.89. The number of allylic oxidation sites excluding steroid dienone is 2. The van der Waals surface area contributed by atoms with Crippen molar-refractivity contribution >= 4 is 0 Å². The van der Waals surface area contributed by atoms with Crippen LogP contribution in [0, 0.1) is 11.8 Å². The number of rotatable bonds is 0. The Morgan fingerprint density at radius 3 is 2.90 bits per heavy atom. The van der Waals surface area contributed by atoms with Gasteiger partial charge in [0.1, 0.15) is 0 Å². The van der Waals surface area contributed by atoms with Crippen molar-refractivity contribution in [3.63, 3.8) is 0 Å². The second-order valence-corrected chi connectivity index (χ2v) is 3.76. The summed E-state index contributed by atoms with van der Waals surface area (Å²) in [6.45, 7) is 0. The van der Waals surface area contributed by atoms with Gasteiger partial charge in [0.15, 0.2) is 0 Å². The lowest BCUT2D eigenvalue weighted by molar-refractivity contribution is 0.262. The summed E-state index contributed by atoms with van der Waals surface area (Å²) in [6.07, 6.45) is 9.88. The molecular weight excluding hydrogens is 122 g/mol. The van der Waals surface area contributed by atoms with Crippen LogP contribution in [-0.4, -0.2) is 6.04 Å². The van der Waals surface area contributed by atoms with Crippen LogP contribution in [0.3, 0.4) is 0 Å². The topological polar surface area (TPSA) is 26.0 Å². The first-order chi connectivity index (χ1) is 4.84. The largest absolute Gasteiger partial charge is 0.328 e. The standard InChI is InChI=1S/C9H15N/c10-9-5-7-2-1-3-8(4-7)6-9/h1-2,7-9H,3-6,10H2/t7-,8+,9+/m1/s1. The van der Waals surface area contributed by atoms with Gasteiger partial charge in [-0.2, -0.15) is 0 Å². The van der Waals surface area contributed by atoms with E-state index in [-0.39, 0.29) is 0 Å². The number of hydrogen-bond donors (Lipinski definition) is 1. The van der Waals surface area contributed by atoms with Crippen molar-refractivity contribution in [2.45, 2.75) is 31.7 Å². The molecule has 0 unspecified atom stereocenters. The van der Waals surface area contributed by atoms with Crippen LogP contribution in [0.4, 0.5) is 0 Å². The molecule has 0 aromatic heterocycles. The van der Waals surface area contributed by atoms with Crippen LogP contribution < -0.4 is 5.73 Å². The third-order valence-electron chi connectivity index (χ3n) is 2.76. The number of nitrogens with two attached hydrogens (primary N) is 1. The fourth-order valence-electron chi connectivity index (χ4n) is 2.35. The molecule has 1 fully saturated rings. The van der Waals surface area contributed by atoms with E-state index in [4.69, 9.17) is 5.73 Å². The Morgan fingerprint density at radius 1 is 1.20 bits per heavy atom. The smallest absolute Gasteiger partial charge is 0.00471 e. The molecule has 1 saturated carbocycles. The van der Waals surface area contributed by atoms with Crippen LogP contribution in [0.25, 0.3) is 0 Å². The molecule has 10 heavy (non-hydrogen) atoms. The minimum absolute atomic E-state index is 0.494. The predicted molar refractivity (Wildman–Crippen MR) is 42.6 cm³/mol.